The standard InChI is InChI=1S/C12H16N2O2/c1-7-6-10(14(3)9-4-5-9)11(12(15)16)8(2)13-7/h6,9H,4-5H2,1-3H3,(H,15,16). The van der Waals surface area contributed by atoms with Crippen LogP contribution in [0.4, 0.5) is 5.69 Å². The van der Waals surface area contributed by atoms with Crippen molar-refractivity contribution < 1.29 is 9.90 Å². The van der Waals surface area contributed by atoms with Gasteiger partial charge in [-0.25, -0.2) is 4.79 Å². The van der Waals surface area contributed by atoms with E-state index in [-0.39, 0.29) is 0 Å². The number of aromatic nitrogens is 1. The second-order valence-electron chi connectivity index (χ2n) is 4.39. The number of carbonyl (C=O) groups is 1. The maximum absolute atomic E-state index is 11.2. The van der Waals surface area contributed by atoms with Crippen LogP contribution < -0.4 is 4.90 Å². The van der Waals surface area contributed by atoms with Crippen LogP contribution in [0.15, 0.2) is 6.07 Å². The third-order valence-corrected chi connectivity index (χ3v) is 3.00. The minimum Gasteiger partial charge on any atom is -0.478 e. The van der Waals surface area contributed by atoms with Gasteiger partial charge >= 0.3 is 5.97 Å². The molecular formula is C12H16N2O2. The molecule has 0 bridgehead atoms. The molecule has 4 heteroatoms. The Balaban J connectivity index is 2.51. The van der Waals surface area contributed by atoms with E-state index < -0.39 is 5.97 Å². The summed E-state index contributed by atoms with van der Waals surface area (Å²) in [5.41, 5.74) is 2.58. The maximum Gasteiger partial charge on any atom is 0.339 e. The molecule has 0 saturated heterocycles. The van der Waals surface area contributed by atoms with E-state index in [1.165, 1.54) is 0 Å². The average molecular weight is 220 g/mol. The third kappa shape index (κ3) is 1.87. The maximum atomic E-state index is 11.2. The van der Waals surface area contributed by atoms with Crippen molar-refractivity contribution in [1.29, 1.82) is 0 Å². The molecule has 1 fully saturated rings. The van der Waals surface area contributed by atoms with Crippen molar-refractivity contribution in [2.24, 2.45) is 0 Å². The number of hydrogen-bond donors (Lipinski definition) is 1. The lowest BCUT2D eigenvalue weighted by atomic mass is 10.1. The summed E-state index contributed by atoms with van der Waals surface area (Å²) in [5.74, 6) is -0.896. The summed E-state index contributed by atoms with van der Waals surface area (Å²) >= 11 is 0. The van der Waals surface area contributed by atoms with Crippen molar-refractivity contribution in [2.75, 3.05) is 11.9 Å². The van der Waals surface area contributed by atoms with Crippen molar-refractivity contribution in [2.45, 2.75) is 32.7 Å². The molecule has 2 rings (SSSR count). The molecule has 0 unspecified atom stereocenters. The largest absolute Gasteiger partial charge is 0.478 e. The van der Waals surface area contributed by atoms with Gasteiger partial charge in [0.05, 0.1) is 11.4 Å². The van der Waals surface area contributed by atoms with Crippen LogP contribution in [0, 0.1) is 13.8 Å². The molecule has 0 aromatic carbocycles. The molecule has 1 aromatic rings. The Morgan fingerprint density at radius 3 is 2.62 bits per heavy atom. The lowest BCUT2D eigenvalue weighted by Gasteiger charge is -2.22. The summed E-state index contributed by atoms with van der Waals surface area (Å²) < 4.78 is 0. The number of anilines is 1. The van der Waals surface area contributed by atoms with E-state index in [9.17, 15) is 9.90 Å². The number of rotatable bonds is 3. The topological polar surface area (TPSA) is 53.4 Å². The smallest absolute Gasteiger partial charge is 0.339 e. The van der Waals surface area contributed by atoms with Gasteiger partial charge < -0.3 is 10.0 Å². The summed E-state index contributed by atoms with van der Waals surface area (Å²) in [6, 6.07) is 2.36. The number of carboxylic acids is 1. The Bertz CT molecular complexity index is 439. The molecule has 1 heterocycles. The van der Waals surface area contributed by atoms with Gasteiger partial charge in [-0.15, -0.1) is 0 Å². The van der Waals surface area contributed by atoms with Gasteiger partial charge in [-0.2, -0.15) is 0 Å². The van der Waals surface area contributed by atoms with Crippen molar-refractivity contribution in [3.8, 4) is 0 Å². The summed E-state index contributed by atoms with van der Waals surface area (Å²) in [6.45, 7) is 3.64. The molecule has 0 aliphatic heterocycles. The average Bonchev–Trinajstić information content (AvgIpc) is 2.97. The van der Waals surface area contributed by atoms with Gasteiger partial charge in [0.25, 0.3) is 0 Å². The molecule has 1 aliphatic carbocycles. The molecule has 0 atom stereocenters. The fraction of sp³-hybridized carbons (Fsp3) is 0.500. The number of aromatic carboxylic acids is 1. The first kappa shape index (κ1) is 10.9. The van der Waals surface area contributed by atoms with Crippen molar-refractivity contribution in [3.05, 3.63) is 23.0 Å². The van der Waals surface area contributed by atoms with Crippen LogP contribution >= 0.6 is 0 Å². The van der Waals surface area contributed by atoms with E-state index >= 15 is 0 Å². The van der Waals surface area contributed by atoms with Gasteiger partial charge in [-0.1, -0.05) is 0 Å². The first-order chi connectivity index (χ1) is 7.50. The molecule has 4 nitrogen and oxygen atoms in total. The number of aryl methyl sites for hydroxylation is 2. The molecule has 0 amide bonds. The summed E-state index contributed by atoms with van der Waals surface area (Å²) in [6.07, 6.45) is 2.30. The first-order valence-electron chi connectivity index (χ1n) is 5.45. The van der Waals surface area contributed by atoms with Crippen molar-refractivity contribution in [3.63, 3.8) is 0 Å². The van der Waals surface area contributed by atoms with Gasteiger partial charge in [0, 0.05) is 18.8 Å². The van der Waals surface area contributed by atoms with Crippen molar-refractivity contribution >= 4 is 11.7 Å². The highest BCUT2D eigenvalue weighted by atomic mass is 16.4. The lowest BCUT2D eigenvalue weighted by Crippen LogP contribution is -2.23. The molecule has 0 radical (unpaired) electrons. The first-order valence-corrected chi connectivity index (χ1v) is 5.45. The van der Waals surface area contributed by atoms with Crippen LogP contribution in [-0.4, -0.2) is 29.1 Å². The Morgan fingerprint density at radius 1 is 1.50 bits per heavy atom. The van der Waals surface area contributed by atoms with Gasteiger partial charge in [0.1, 0.15) is 5.56 Å². The number of nitrogens with zero attached hydrogens (tertiary/aromatic N) is 2. The fourth-order valence-electron chi connectivity index (χ4n) is 2.01. The van der Waals surface area contributed by atoms with Crippen LogP contribution in [0.5, 0.6) is 0 Å². The van der Waals surface area contributed by atoms with Crippen molar-refractivity contribution in [1.82, 2.24) is 4.98 Å². The van der Waals surface area contributed by atoms with Crippen LogP contribution in [0.3, 0.4) is 0 Å². The van der Waals surface area contributed by atoms with E-state index in [2.05, 4.69) is 9.88 Å². The molecule has 16 heavy (non-hydrogen) atoms. The second-order valence-corrected chi connectivity index (χ2v) is 4.39. The predicted octanol–water partition coefficient (Wildman–Crippen LogP) is 2.00. The number of hydrogen-bond acceptors (Lipinski definition) is 3. The Hall–Kier alpha value is -1.58. The molecule has 86 valence electrons. The van der Waals surface area contributed by atoms with Gasteiger partial charge in [0.15, 0.2) is 0 Å². The second kappa shape index (κ2) is 3.77. The quantitative estimate of drug-likeness (QED) is 0.846. The van der Waals surface area contributed by atoms with Crippen LogP contribution in [0.25, 0.3) is 0 Å². The summed E-state index contributed by atoms with van der Waals surface area (Å²) in [5, 5.41) is 9.22. The minimum atomic E-state index is -0.896. The van der Waals surface area contributed by atoms with Gasteiger partial charge in [-0.3, -0.25) is 4.98 Å². The van der Waals surface area contributed by atoms with Crippen LogP contribution in [-0.2, 0) is 0 Å². The SMILES string of the molecule is Cc1cc(N(C)C2CC2)c(C(=O)O)c(C)n1. The third-order valence-electron chi connectivity index (χ3n) is 3.00. The fourth-order valence-corrected chi connectivity index (χ4v) is 2.01. The van der Waals surface area contributed by atoms with E-state index in [1.54, 1.807) is 6.92 Å². The monoisotopic (exact) mass is 220 g/mol. The zero-order valence-corrected chi connectivity index (χ0v) is 9.82. The molecular weight excluding hydrogens is 204 g/mol. The highest BCUT2D eigenvalue weighted by Crippen LogP contribution is 2.33. The van der Waals surface area contributed by atoms with E-state index in [4.69, 9.17) is 0 Å². The minimum absolute atomic E-state index is 0.333. The van der Waals surface area contributed by atoms with E-state index in [1.807, 2.05) is 20.0 Å². The van der Waals surface area contributed by atoms with E-state index in [0.717, 1.165) is 24.2 Å². The van der Waals surface area contributed by atoms with Crippen LogP contribution in [0.2, 0.25) is 0 Å². The summed E-state index contributed by atoms with van der Waals surface area (Å²) in [7, 11) is 1.96. The van der Waals surface area contributed by atoms with Gasteiger partial charge in [-0.05, 0) is 32.8 Å². The zero-order valence-electron chi connectivity index (χ0n) is 9.82. The normalized spacial score (nSPS) is 14.9. The lowest BCUT2D eigenvalue weighted by molar-refractivity contribution is 0.0696. The molecule has 1 aliphatic rings. The molecule has 1 saturated carbocycles. The molecule has 1 aromatic heterocycles. The Kier molecular flexibility index (Phi) is 2.58. The Morgan fingerprint density at radius 2 is 2.12 bits per heavy atom. The number of pyridine rings is 1. The highest BCUT2D eigenvalue weighted by molar-refractivity contribution is 5.95. The molecule has 1 N–H and O–H groups in total. The molecule has 0 spiro atoms. The zero-order chi connectivity index (χ0) is 11.9. The predicted molar refractivity (Wildman–Crippen MR) is 62.1 cm³/mol. The Labute approximate surface area is 94.9 Å². The highest BCUT2D eigenvalue weighted by Gasteiger charge is 2.29. The summed E-state index contributed by atoms with van der Waals surface area (Å²) in [4.78, 5) is 17.5. The van der Waals surface area contributed by atoms with Crippen LogP contribution in [0.1, 0.15) is 34.6 Å². The van der Waals surface area contributed by atoms with Gasteiger partial charge in [0.2, 0.25) is 0 Å². The van der Waals surface area contributed by atoms with E-state index in [0.29, 0.717) is 17.3 Å². The number of carboxylic acid groups (broad SMARTS) is 1.